The van der Waals surface area contributed by atoms with Crippen molar-refractivity contribution in [2.24, 2.45) is 0 Å². The predicted molar refractivity (Wildman–Crippen MR) is 103 cm³/mol. The van der Waals surface area contributed by atoms with Crippen LogP contribution in [0, 0.1) is 0 Å². The van der Waals surface area contributed by atoms with E-state index in [1.807, 2.05) is 6.92 Å². The summed E-state index contributed by atoms with van der Waals surface area (Å²) in [5, 5.41) is 12.1. The Bertz CT molecular complexity index is 849. The molecule has 0 fully saturated rings. The summed E-state index contributed by atoms with van der Waals surface area (Å²) in [6, 6.07) is 11.5. The molecule has 0 aliphatic rings. The topological polar surface area (TPSA) is 84.9 Å². The van der Waals surface area contributed by atoms with E-state index in [-0.39, 0.29) is 10.7 Å². The summed E-state index contributed by atoms with van der Waals surface area (Å²) in [5.74, 6) is -1.03. The minimum absolute atomic E-state index is 0.285. The summed E-state index contributed by atoms with van der Waals surface area (Å²) in [4.78, 5) is 23.8. The van der Waals surface area contributed by atoms with E-state index in [1.54, 1.807) is 42.5 Å². The SMILES string of the molecule is CCCOc1c(Cl)cc(C=C(NC(=O)c2ccccc2)C(=O)O)cc1OC. The molecule has 0 heterocycles. The van der Waals surface area contributed by atoms with Gasteiger partial charge in [0.1, 0.15) is 5.70 Å². The van der Waals surface area contributed by atoms with Gasteiger partial charge in [-0.3, -0.25) is 4.79 Å². The number of halogens is 1. The number of carboxylic acid groups (broad SMARTS) is 1. The maximum atomic E-state index is 12.2. The molecule has 0 radical (unpaired) electrons. The van der Waals surface area contributed by atoms with Gasteiger partial charge in [0.25, 0.3) is 5.91 Å². The summed E-state index contributed by atoms with van der Waals surface area (Å²) in [7, 11) is 1.47. The number of benzene rings is 2. The van der Waals surface area contributed by atoms with Crippen molar-refractivity contribution in [3.63, 3.8) is 0 Å². The number of carbonyl (C=O) groups is 2. The Morgan fingerprint density at radius 1 is 1.22 bits per heavy atom. The van der Waals surface area contributed by atoms with Crippen LogP contribution in [0.3, 0.4) is 0 Å². The molecular weight excluding hydrogens is 370 g/mol. The lowest BCUT2D eigenvalue weighted by atomic mass is 10.1. The van der Waals surface area contributed by atoms with Crippen LogP contribution in [0.2, 0.25) is 5.02 Å². The van der Waals surface area contributed by atoms with Crippen molar-refractivity contribution in [1.82, 2.24) is 5.32 Å². The molecule has 1 amide bonds. The lowest BCUT2D eigenvalue weighted by Crippen LogP contribution is -2.27. The number of amides is 1. The third kappa shape index (κ3) is 5.49. The third-order valence-corrected chi connectivity index (χ3v) is 3.81. The number of hydrogen-bond donors (Lipinski definition) is 2. The average Bonchev–Trinajstić information content (AvgIpc) is 2.66. The molecule has 0 saturated heterocycles. The Balaban J connectivity index is 2.33. The van der Waals surface area contributed by atoms with Gasteiger partial charge in [0.15, 0.2) is 11.5 Å². The highest BCUT2D eigenvalue weighted by Gasteiger charge is 2.16. The van der Waals surface area contributed by atoms with E-state index in [2.05, 4.69) is 5.32 Å². The van der Waals surface area contributed by atoms with E-state index in [9.17, 15) is 14.7 Å². The van der Waals surface area contributed by atoms with Crippen LogP contribution in [-0.4, -0.2) is 30.7 Å². The minimum atomic E-state index is -1.28. The molecule has 2 N–H and O–H groups in total. The molecule has 0 spiro atoms. The van der Waals surface area contributed by atoms with Gasteiger partial charge in [0.05, 0.1) is 18.7 Å². The Morgan fingerprint density at radius 2 is 1.93 bits per heavy atom. The monoisotopic (exact) mass is 389 g/mol. The first kappa shape index (κ1) is 20.3. The molecule has 0 unspecified atom stereocenters. The highest BCUT2D eigenvalue weighted by atomic mass is 35.5. The predicted octanol–water partition coefficient (Wildman–Crippen LogP) is 3.99. The number of nitrogens with one attached hydrogen (secondary N) is 1. The fourth-order valence-corrected chi connectivity index (χ4v) is 2.54. The van der Waals surface area contributed by atoms with Gasteiger partial charge in [-0.15, -0.1) is 0 Å². The highest BCUT2D eigenvalue weighted by molar-refractivity contribution is 6.32. The van der Waals surface area contributed by atoms with E-state index in [0.717, 1.165) is 6.42 Å². The van der Waals surface area contributed by atoms with E-state index in [0.29, 0.717) is 29.2 Å². The number of methoxy groups -OCH3 is 1. The fourth-order valence-electron chi connectivity index (χ4n) is 2.27. The first-order chi connectivity index (χ1) is 13.0. The molecule has 7 heteroatoms. The minimum Gasteiger partial charge on any atom is -0.493 e. The van der Waals surface area contributed by atoms with Gasteiger partial charge < -0.3 is 19.9 Å². The van der Waals surface area contributed by atoms with E-state index < -0.39 is 11.9 Å². The Hall–Kier alpha value is -2.99. The van der Waals surface area contributed by atoms with Crippen molar-refractivity contribution < 1.29 is 24.2 Å². The van der Waals surface area contributed by atoms with E-state index in [1.165, 1.54) is 13.2 Å². The zero-order valence-electron chi connectivity index (χ0n) is 15.0. The second kappa shape index (κ2) is 9.64. The molecule has 27 heavy (non-hydrogen) atoms. The van der Waals surface area contributed by atoms with Crippen LogP contribution in [0.25, 0.3) is 6.08 Å². The van der Waals surface area contributed by atoms with Crippen LogP contribution in [0.5, 0.6) is 11.5 Å². The summed E-state index contributed by atoms with van der Waals surface area (Å²) in [6.45, 7) is 2.44. The van der Waals surface area contributed by atoms with E-state index in [4.69, 9.17) is 21.1 Å². The average molecular weight is 390 g/mol. The Kier molecular flexibility index (Phi) is 7.25. The van der Waals surface area contributed by atoms with Crippen molar-refractivity contribution in [2.45, 2.75) is 13.3 Å². The van der Waals surface area contributed by atoms with Gasteiger partial charge in [-0.25, -0.2) is 4.79 Å². The normalized spacial score (nSPS) is 11.0. The van der Waals surface area contributed by atoms with Crippen molar-refractivity contribution in [3.8, 4) is 11.5 Å². The molecule has 142 valence electrons. The second-order valence-corrected chi connectivity index (χ2v) is 5.97. The van der Waals surface area contributed by atoms with Crippen LogP contribution in [0.1, 0.15) is 29.3 Å². The molecule has 0 aliphatic carbocycles. The lowest BCUT2D eigenvalue weighted by molar-refractivity contribution is -0.132. The number of hydrogen-bond acceptors (Lipinski definition) is 4. The molecule has 0 atom stereocenters. The number of carbonyl (C=O) groups excluding carboxylic acids is 1. The number of aliphatic carboxylic acids is 1. The summed E-state index contributed by atoms with van der Waals surface area (Å²) in [5.41, 5.74) is 0.513. The van der Waals surface area contributed by atoms with Crippen LogP contribution >= 0.6 is 11.6 Å². The summed E-state index contributed by atoms with van der Waals surface area (Å²) < 4.78 is 10.9. The smallest absolute Gasteiger partial charge is 0.352 e. The number of carboxylic acids is 1. The van der Waals surface area contributed by atoms with Crippen molar-refractivity contribution in [2.75, 3.05) is 13.7 Å². The highest BCUT2D eigenvalue weighted by Crippen LogP contribution is 2.37. The third-order valence-electron chi connectivity index (χ3n) is 3.53. The van der Waals surface area contributed by atoms with Gasteiger partial charge in [-0.1, -0.05) is 36.7 Å². The fraction of sp³-hybridized carbons (Fsp3) is 0.200. The van der Waals surface area contributed by atoms with E-state index >= 15 is 0 Å². The largest absolute Gasteiger partial charge is 0.493 e. The first-order valence-corrected chi connectivity index (χ1v) is 8.65. The maximum Gasteiger partial charge on any atom is 0.352 e. The maximum absolute atomic E-state index is 12.2. The van der Waals surface area contributed by atoms with Crippen molar-refractivity contribution in [1.29, 1.82) is 0 Å². The quantitative estimate of drug-likeness (QED) is 0.667. The van der Waals surface area contributed by atoms with Crippen LogP contribution in [0.15, 0.2) is 48.2 Å². The van der Waals surface area contributed by atoms with Gasteiger partial charge in [0, 0.05) is 5.56 Å². The second-order valence-electron chi connectivity index (χ2n) is 5.57. The van der Waals surface area contributed by atoms with Crippen LogP contribution in [-0.2, 0) is 4.79 Å². The standard InChI is InChI=1S/C20H20ClNO5/c1-3-9-27-18-15(21)10-13(12-17(18)26-2)11-16(20(24)25)22-19(23)14-7-5-4-6-8-14/h4-8,10-12H,3,9H2,1-2H3,(H,22,23)(H,24,25). The molecule has 2 rings (SSSR count). The first-order valence-electron chi connectivity index (χ1n) is 8.28. The molecule has 2 aromatic rings. The molecule has 6 nitrogen and oxygen atoms in total. The Morgan fingerprint density at radius 3 is 2.52 bits per heavy atom. The summed E-state index contributed by atoms with van der Waals surface area (Å²) in [6.07, 6.45) is 2.11. The number of rotatable bonds is 8. The van der Waals surface area contributed by atoms with Crippen molar-refractivity contribution >= 4 is 29.6 Å². The zero-order valence-corrected chi connectivity index (χ0v) is 15.7. The number of ether oxygens (including phenoxy) is 2. The molecule has 0 aliphatic heterocycles. The van der Waals surface area contributed by atoms with Gasteiger partial charge in [-0.2, -0.15) is 0 Å². The molecule has 0 aromatic heterocycles. The zero-order chi connectivity index (χ0) is 19.8. The van der Waals surface area contributed by atoms with Gasteiger partial charge in [-0.05, 0) is 42.3 Å². The molecule has 2 aromatic carbocycles. The Labute approximate surface area is 162 Å². The molecule has 0 saturated carbocycles. The molecule has 0 bridgehead atoms. The van der Waals surface area contributed by atoms with Gasteiger partial charge >= 0.3 is 5.97 Å². The van der Waals surface area contributed by atoms with Gasteiger partial charge in [0.2, 0.25) is 0 Å². The van der Waals surface area contributed by atoms with Crippen molar-refractivity contribution in [3.05, 3.63) is 64.3 Å². The molecular formula is C20H20ClNO5. The van der Waals surface area contributed by atoms with Crippen LogP contribution in [0.4, 0.5) is 0 Å². The lowest BCUT2D eigenvalue weighted by Gasteiger charge is -2.13. The summed E-state index contributed by atoms with van der Waals surface area (Å²) >= 11 is 6.24. The van der Waals surface area contributed by atoms with Crippen LogP contribution < -0.4 is 14.8 Å².